The van der Waals surface area contributed by atoms with Crippen molar-refractivity contribution in [1.29, 1.82) is 0 Å². The first-order valence-corrected chi connectivity index (χ1v) is 7.28. The van der Waals surface area contributed by atoms with E-state index in [9.17, 15) is 18.0 Å². The lowest BCUT2D eigenvalue weighted by Gasteiger charge is -2.21. The van der Waals surface area contributed by atoms with Gasteiger partial charge in [-0.15, -0.1) is 5.10 Å². The number of benzene rings is 1. The molecule has 2 aromatic heterocycles. The van der Waals surface area contributed by atoms with E-state index >= 15 is 0 Å². The Hall–Kier alpha value is -3.10. The van der Waals surface area contributed by atoms with Gasteiger partial charge < -0.3 is 9.32 Å². The van der Waals surface area contributed by atoms with Crippen molar-refractivity contribution in [3.8, 4) is 5.69 Å². The number of carbonyl (C=O) groups excluding carboxylic acids is 1. The third-order valence-electron chi connectivity index (χ3n) is 3.28. The molecular weight excluding hydrogens is 337 g/mol. The highest BCUT2D eigenvalue weighted by Gasteiger charge is 2.34. The normalized spacial score (nSPS) is 11.5. The van der Waals surface area contributed by atoms with Crippen LogP contribution in [-0.2, 0) is 6.54 Å². The highest BCUT2D eigenvalue weighted by molar-refractivity contribution is 5.91. The molecule has 0 aliphatic carbocycles. The lowest BCUT2D eigenvalue weighted by molar-refractivity contribution is -0.142. The minimum atomic E-state index is -4.54. The Morgan fingerprint density at radius 2 is 1.92 bits per heavy atom. The minimum absolute atomic E-state index is 0.181. The van der Waals surface area contributed by atoms with Crippen LogP contribution in [0, 0.1) is 0 Å². The van der Waals surface area contributed by atoms with Crippen molar-refractivity contribution in [1.82, 2.24) is 19.9 Å². The van der Waals surface area contributed by atoms with Crippen LogP contribution in [0.5, 0.6) is 0 Å². The number of carbonyl (C=O) groups is 1. The monoisotopic (exact) mass is 350 g/mol. The van der Waals surface area contributed by atoms with Crippen LogP contribution in [0.4, 0.5) is 13.2 Å². The van der Waals surface area contributed by atoms with Crippen LogP contribution in [0.2, 0.25) is 0 Å². The van der Waals surface area contributed by atoms with Crippen LogP contribution < -0.4 is 0 Å². The molecule has 0 fully saturated rings. The lowest BCUT2D eigenvalue weighted by Crippen LogP contribution is -2.38. The van der Waals surface area contributed by atoms with Gasteiger partial charge in [0.15, 0.2) is 5.69 Å². The van der Waals surface area contributed by atoms with Gasteiger partial charge in [0.05, 0.1) is 24.7 Å². The first-order chi connectivity index (χ1) is 11.9. The second kappa shape index (κ2) is 6.80. The maximum Gasteiger partial charge on any atom is 0.406 e. The highest BCUT2D eigenvalue weighted by atomic mass is 19.4. The van der Waals surface area contributed by atoms with E-state index in [0.717, 1.165) is 6.20 Å². The van der Waals surface area contributed by atoms with Crippen LogP contribution >= 0.6 is 0 Å². The number of nitrogens with zero attached hydrogens (tertiary/aromatic N) is 4. The number of alkyl halides is 3. The average Bonchev–Trinajstić information content (AvgIpc) is 3.25. The molecule has 0 aliphatic heterocycles. The van der Waals surface area contributed by atoms with E-state index in [1.165, 1.54) is 23.2 Å². The summed E-state index contributed by atoms with van der Waals surface area (Å²) in [5.41, 5.74) is 0.412. The largest absolute Gasteiger partial charge is 0.467 e. The molecule has 0 saturated heterocycles. The van der Waals surface area contributed by atoms with Crippen LogP contribution in [-0.4, -0.2) is 38.5 Å². The average molecular weight is 350 g/mol. The molecule has 0 spiro atoms. The molecule has 0 saturated carbocycles. The summed E-state index contributed by atoms with van der Waals surface area (Å²) < 4.78 is 43.5. The Bertz CT molecular complexity index is 829. The quantitative estimate of drug-likeness (QED) is 0.709. The van der Waals surface area contributed by atoms with E-state index in [1.54, 1.807) is 30.3 Å². The molecule has 1 aromatic carbocycles. The fourth-order valence-corrected chi connectivity index (χ4v) is 2.22. The van der Waals surface area contributed by atoms with E-state index < -0.39 is 18.6 Å². The maximum atomic E-state index is 12.8. The second-order valence-corrected chi connectivity index (χ2v) is 5.21. The summed E-state index contributed by atoms with van der Waals surface area (Å²) in [7, 11) is 0. The lowest BCUT2D eigenvalue weighted by atomic mass is 10.3. The molecule has 0 atom stereocenters. The predicted octanol–water partition coefficient (Wildman–Crippen LogP) is 3.07. The summed E-state index contributed by atoms with van der Waals surface area (Å²) in [6.45, 7) is -1.73. The zero-order valence-corrected chi connectivity index (χ0v) is 12.8. The standard InChI is InChI=1S/C16H13F3N4O2/c17-16(18,19)11-22(10-13-7-4-8-25-13)15(24)14-9-20-23(21-14)12-5-2-1-3-6-12/h1-9H,10-11H2. The van der Waals surface area contributed by atoms with Crippen molar-refractivity contribution in [3.63, 3.8) is 0 Å². The number of para-hydroxylation sites is 1. The second-order valence-electron chi connectivity index (χ2n) is 5.21. The molecule has 0 N–H and O–H groups in total. The first kappa shape index (κ1) is 16.7. The van der Waals surface area contributed by atoms with Crippen molar-refractivity contribution < 1.29 is 22.4 Å². The Morgan fingerprint density at radius 1 is 1.16 bits per heavy atom. The minimum Gasteiger partial charge on any atom is -0.467 e. The maximum absolute atomic E-state index is 12.8. The van der Waals surface area contributed by atoms with Gasteiger partial charge in [0.2, 0.25) is 0 Å². The van der Waals surface area contributed by atoms with Crippen molar-refractivity contribution in [2.24, 2.45) is 0 Å². The molecule has 0 unspecified atom stereocenters. The summed E-state index contributed by atoms with van der Waals surface area (Å²) in [6.07, 6.45) is -2.07. The Morgan fingerprint density at radius 3 is 2.56 bits per heavy atom. The van der Waals surface area contributed by atoms with Crippen LogP contribution in [0.15, 0.2) is 59.3 Å². The Labute approximate surface area is 140 Å². The predicted molar refractivity (Wildman–Crippen MR) is 80.9 cm³/mol. The van der Waals surface area contributed by atoms with E-state index in [4.69, 9.17) is 4.42 Å². The highest BCUT2D eigenvalue weighted by Crippen LogP contribution is 2.20. The van der Waals surface area contributed by atoms with E-state index in [2.05, 4.69) is 10.2 Å². The number of aromatic nitrogens is 3. The number of rotatable bonds is 5. The van der Waals surface area contributed by atoms with E-state index in [0.29, 0.717) is 10.6 Å². The van der Waals surface area contributed by atoms with Gasteiger partial charge in [-0.1, -0.05) is 18.2 Å². The molecule has 0 radical (unpaired) electrons. The molecule has 6 nitrogen and oxygen atoms in total. The Kier molecular flexibility index (Phi) is 4.55. The molecule has 130 valence electrons. The van der Waals surface area contributed by atoms with Gasteiger partial charge in [-0.3, -0.25) is 4.79 Å². The van der Waals surface area contributed by atoms with Gasteiger partial charge >= 0.3 is 6.18 Å². The van der Waals surface area contributed by atoms with Crippen molar-refractivity contribution in [2.75, 3.05) is 6.54 Å². The third kappa shape index (κ3) is 4.25. The number of hydrogen-bond acceptors (Lipinski definition) is 4. The van der Waals surface area contributed by atoms with Crippen LogP contribution in [0.3, 0.4) is 0 Å². The van der Waals surface area contributed by atoms with Crippen LogP contribution in [0.25, 0.3) is 5.69 Å². The summed E-state index contributed by atoms with van der Waals surface area (Å²) in [6, 6.07) is 11.8. The SMILES string of the molecule is O=C(c1cnn(-c2ccccc2)n1)N(Cc1ccco1)CC(F)(F)F. The summed E-state index contributed by atoms with van der Waals surface area (Å²) >= 11 is 0. The van der Waals surface area contributed by atoms with Gasteiger partial charge in [0, 0.05) is 0 Å². The van der Waals surface area contributed by atoms with Crippen molar-refractivity contribution in [2.45, 2.75) is 12.7 Å². The van der Waals surface area contributed by atoms with Gasteiger partial charge in [0.1, 0.15) is 12.3 Å². The zero-order valence-electron chi connectivity index (χ0n) is 12.8. The summed E-state index contributed by atoms with van der Waals surface area (Å²) in [4.78, 5) is 14.3. The molecular formula is C16H13F3N4O2. The zero-order chi connectivity index (χ0) is 17.9. The molecule has 25 heavy (non-hydrogen) atoms. The molecule has 3 aromatic rings. The number of amides is 1. The topological polar surface area (TPSA) is 64.2 Å². The number of halogens is 3. The van der Waals surface area contributed by atoms with Crippen molar-refractivity contribution >= 4 is 5.91 Å². The fraction of sp³-hybridized carbons (Fsp3) is 0.188. The number of furan rings is 1. The van der Waals surface area contributed by atoms with E-state index in [-0.39, 0.29) is 18.0 Å². The molecule has 1 amide bonds. The van der Waals surface area contributed by atoms with Gasteiger partial charge in [-0.05, 0) is 24.3 Å². The smallest absolute Gasteiger partial charge is 0.406 e. The van der Waals surface area contributed by atoms with Gasteiger partial charge in [0.25, 0.3) is 5.91 Å². The summed E-state index contributed by atoms with van der Waals surface area (Å²) in [5.74, 6) is -0.635. The van der Waals surface area contributed by atoms with Crippen molar-refractivity contribution in [3.05, 3.63) is 66.4 Å². The fourth-order valence-electron chi connectivity index (χ4n) is 2.22. The number of hydrogen-bond donors (Lipinski definition) is 0. The van der Waals surface area contributed by atoms with Crippen LogP contribution in [0.1, 0.15) is 16.2 Å². The molecule has 2 heterocycles. The molecule has 3 rings (SSSR count). The van der Waals surface area contributed by atoms with Gasteiger partial charge in [-0.25, -0.2) is 0 Å². The molecule has 0 bridgehead atoms. The molecule has 9 heteroatoms. The molecule has 0 aliphatic rings. The van der Waals surface area contributed by atoms with Gasteiger partial charge in [-0.2, -0.15) is 23.1 Å². The van der Waals surface area contributed by atoms with E-state index in [1.807, 2.05) is 0 Å². The third-order valence-corrected chi connectivity index (χ3v) is 3.28. The Balaban J connectivity index is 1.83. The summed E-state index contributed by atoms with van der Waals surface area (Å²) in [5, 5.41) is 7.91. The first-order valence-electron chi connectivity index (χ1n) is 7.28.